The molecule has 1 aliphatic heterocycles. The molecule has 2 atom stereocenters. The molecule has 1 heterocycles. The fraction of sp³-hybridized carbons (Fsp3) is 0.421. The maximum Gasteiger partial charge on any atom is 0.305 e. The number of nitrogen functional groups attached to an aromatic ring is 1. The molecule has 1 aromatic rings. The van der Waals surface area contributed by atoms with Gasteiger partial charge in [0.2, 0.25) is 5.91 Å². The molecule has 5 N–H and O–H groups in total. The smallest absolute Gasteiger partial charge is 0.305 e. The van der Waals surface area contributed by atoms with Crippen LogP contribution in [-0.2, 0) is 9.59 Å². The first-order valence-electron chi connectivity index (χ1n) is 9.13. The first-order chi connectivity index (χ1) is 13.6. The van der Waals surface area contributed by atoms with Crippen LogP contribution in [0.1, 0.15) is 43.1 Å². The Bertz CT molecular complexity index is 844. The fourth-order valence-electron chi connectivity index (χ4n) is 2.98. The first-order valence-corrected chi connectivity index (χ1v) is 10.0. The van der Waals surface area contributed by atoms with Gasteiger partial charge in [0.1, 0.15) is 11.1 Å². The molecule has 0 spiro atoms. The van der Waals surface area contributed by atoms with Crippen molar-refractivity contribution in [3.63, 3.8) is 0 Å². The Hall–Kier alpha value is -2.40. The number of hydrogen-bond donors (Lipinski definition) is 4. The van der Waals surface area contributed by atoms with Crippen molar-refractivity contribution in [2.45, 2.75) is 44.5 Å². The summed E-state index contributed by atoms with van der Waals surface area (Å²) in [6.07, 6.45) is -0.152. The van der Waals surface area contributed by atoms with Gasteiger partial charge in [0.05, 0.1) is 6.42 Å². The summed E-state index contributed by atoms with van der Waals surface area (Å²) in [7, 11) is 0. The normalized spacial score (nSPS) is 19.5. The zero-order valence-electron chi connectivity index (χ0n) is 16.9. The number of amidine groups is 2. The number of nitrogens with two attached hydrogens (primary N) is 1. The van der Waals surface area contributed by atoms with E-state index in [9.17, 15) is 14.4 Å². The monoisotopic (exact) mass is 499 g/mol. The van der Waals surface area contributed by atoms with Gasteiger partial charge < -0.3 is 21.1 Å². The quantitative estimate of drug-likeness (QED) is 0.330. The van der Waals surface area contributed by atoms with E-state index in [0.717, 1.165) is 0 Å². The Morgan fingerprint density at radius 1 is 1.27 bits per heavy atom. The highest BCUT2D eigenvalue weighted by Crippen LogP contribution is 2.33. The summed E-state index contributed by atoms with van der Waals surface area (Å²) in [5, 5.41) is 18.7. The summed E-state index contributed by atoms with van der Waals surface area (Å²) in [5.74, 6) is -1.80. The Labute approximate surface area is 189 Å². The number of rotatable bonds is 7. The zero-order valence-corrected chi connectivity index (χ0v) is 19.4. The van der Waals surface area contributed by atoms with Crippen molar-refractivity contribution in [1.29, 1.82) is 5.41 Å². The molecule has 1 saturated heterocycles. The number of nitrogens with zero attached hydrogens (tertiary/aromatic N) is 2. The predicted molar refractivity (Wildman–Crippen MR) is 123 cm³/mol. The van der Waals surface area contributed by atoms with E-state index in [1.165, 1.54) is 11.8 Å². The molecule has 164 valence electrons. The molecule has 1 aromatic carbocycles. The van der Waals surface area contributed by atoms with Gasteiger partial charge in [0.25, 0.3) is 5.91 Å². The molecule has 0 aromatic heterocycles. The van der Waals surface area contributed by atoms with Crippen molar-refractivity contribution < 1.29 is 19.5 Å². The van der Waals surface area contributed by atoms with E-state index in [1.54, 1.807) is 24.3 Å². The average Bonchev–Trinajstić information content (AvgIpc) is 2.97. The summed E-state index contributed by atoms with van der Waals surface area (Å²) < 4.78 is 0. The molecule has 11 heteroatoms. The number of nitrogens with one attached hydrogen (secondary N) is 2. The van der Waals surface area contributed by atoms with Crippen molar-refractivity contribution in [2.24, 2.45) is 10.7 Å². The Kier molecular flexibility index (Phi) is 9.50. The van der Waals surface area contributed by atoms with Crippen molar-refractivity contribution >= 4 is 57.5 Å². The van der Waals surface area contributed by atoms with E-state index < -0.39 is 17.1 Å². The lowest BCUT2D eigenvalue weighted by Crippen LogP contribution is -2.45. The van der Waals surface area contributed by atoms with Gasteiger partial charge in [-0.1, -0.05) is 23.9 Å². The van der Waals surface area contributed by atoms with Crippen LogP contribution in [0.4, 0.5) is 0 Å². The maximum absolute atomic E-state index is 12.6. The Morgan fingerprint density at radius 2 is 1.83 bits per heavy atom. The number of benzene rings is 1. The van der Waals surface area contributed by atoms with E-state index in [-0.39, 0.29) is 53.8 Å². The number of carbonyl (C=O) groups is 3. The van der Waals surface area contributed by atoms with Gasteiger partial charge in [-0.2, -0.15) is 4.99 Å². The lowest BCUT2D eigenvalue weighted by molar-refractivity contribution is -0.136. The molecule has 2 unspecified atom stereocenters. The number of aliphatic carboxylic acids is 1. The Morgan fingerprint density at radius 3 is 2.33 bits per heavy atom. The van der Waals surface area contributed by atoms with Gasteiger partial charge in [0.15, 0.2) is 5.17 Å². The number of amides is 2. The van der Waals surface area contributed by atoms with Crippen LogP contribution in [0.3, 0.4) is 0 Å². The highest BCUT2D eigenvalue weighted by atomic mass is 79.9. The van der Waals surface area contributed by atoms with Gasteiger partial charge in [-0.15, -0.1) is 17.0 Å². The third-order valence-corrected chi connectivity index (χ3v) is 5.80. The van der Waals surface area contributed by atoms with E-state index in [2.05, 4.69) is 10.3 Å². The van der Waals surface area contributed by atoms with Crippen molar-refractivity contribution in [3.8, 4) is 0 Å². The lowest BCUT2D eigenvalue weighted by atomic mass is 10.1. The standard InChI is InChI=1S/C19H25N5O4S.BrH/c1-10(2)24-11(3)15(18(28)22-9-8-14(25)26)29-19(24)23-17(27)13-6-4-12(5-7-13)16(20)21;/h4-7,10-11,15H,8-9H2,1-3H3,(H3,20,21)(H,22,28)(H,25,26);1H. The topological polar surface area (TPSA) is 149 Å². The van der Waals surface area contributed by atoms with Crippen LogP contribution in [0.5, 0.6) is 0 Å². The van der Waals surface area contributed by atoms with Gasteiger partial charge in [-0.05, 0) is 32.9 Å². The number of carbonyl (C=O) groups excluding carboxylic acids is 2. The summed E-state index contributed by atoms with van der Waals surface area (Å²) in [6.45, 7) is 5.82. The summed E-state index contributed by atoms with van der Waals surface area (Å²) >= 11 is 1.19. The molecule has 0 aliphatic carbocycles. The molecule has 2 rings (SSSR count). The van der Waals surface area contributed by atoms with Crippen molar-refractivity contribution in [1.82, 2.24) is 10.2 Å². The number of halogens is 1. The SMILES string of the molecule is Br.CC(C)N1C(=NC(=O)c2ccc(C(=N)N)cc2)SC(C(=O)NCCC(=O)O)C1C. The first kappa shape index (κ1) is 25.6. The molecular formula is C19H26BrN5O4S. The highest BCUT2D eigenvalue weighted by Gasteiger charge is 2.42. The minimum atomic E-state index is -0.982. The van der Waals surface area contributed by atoms with Gasteiger partial charge in [-0.25, -0.2) is 0 Å². The van der Waals surface area contributed by atoms with E-state index in [1.807, 2.05) is 25.7 Å². The van der Waals surface area contributed by atoms with Crippen LogP contribution < -0.4 is 11.1 Å². The molecular weight excluding hydrogens is 474 g/mol. The van der Waals surface area contributed by atoms with E-state index in [4.69, 9.17) is 16.2 Å². The zero-order chi connectivity index (χ0) is 21.7. The molecule has 30 heavy (non-hydrogen) atoms. The summed E-state index contributed by atoms with van der Waals surface area (Å²) in [6, 6.07) is 6.08. The van der Waals surface area contributed by atoms with Crippen LogP contribution in [-0.4, -0.2) is 62.7 Å². The van der Waals surface area contributed by atoms with Crippen LogP contribution in [0, 0.1) is 5.41 Å². The third-order valence-electron chi connectivity index (χ3n) is 4.42. The average molecular weight is 500 g/mol. The second-order valence-electron chi connectivity index (χ2n) is 6.91. The van der Waals surface area contributed by atoms with Gasteiger partial charge in [0, 0.05) is 29.8 Å². The third kappa shape index (κ3) is 6.30. The number of carboxylic acids is 1. The molecule has 1 fully saturated rings. The van der Waals surface area contributed by atoms with Gasteiger partial charge in [-0.3, -0.25) is 19.8 Å². The summed E-state index contributed by atoms with van der Waals surface area (Å²) in [4.78, 5) is 41.9. The van der Waals surface area contributed by atoms with Crippen LogP contribution >= 0.6 is 28.7 Å². The minimum Gasteiger partial charge on any atom is -0.481 e. The van der Waals surface area contributed by atoms with Crippen molar-refractivity contribution in [2.75, 3.05) is 6.54 Å². The number of thioether (sulfide) groups is 1. The number of hydrogen-bond acceptors (Lipinski definition) is 5. The number of aliphatic imine (C=N–C) groups is 1. The van der Waals surface area contributed by atoms with Gasteiger partial charge >= 0.3 is 5.97 Å². The van der Waals surface area contributed by atoms with E-state index >= 15 is 0 Å². The fourth-order valence-corrected chi connectivity index (χ4v) is 4.36. The predicted octanol–water partition coefficient (Wildman–Crippen LogP) is 1.85. The lowest BCUT2D eigenvalue weighted by Gasteiger charge is -2.28. The van der Waals surface area contributed by atoms with Crippen molar-refractivity contribution in [3.05, 3.63) is 35.4 Å². The van der Waals surface area contributed by atoms with E-state index in [0.29, 0.717) is 16.3 Å². The van der Waals surface area contributed by atoms with Crippen LogP contribution in [0.25, 0.3) is 0 Å². The highest BCUT2D eigenvalue weighted by molar-refractivity contribution is 8.93. The number of carboxylic acid groups (broad SMARTS) is 1. The largest absolute Gasteiger partial charge is 0.481 e. The second-order valence-corrected chi connectivity index (χ2v) is 8.01. The molecule has 2 amide bonds. The molecule has 0 bridgehead atoms. The van der Waals surface area contributed by atoms with Crippen LogP contribution in [0.2, 0.25) is 0 Å². The minimum absolute atomic E-state index is 0. The molecule has 1 aliphatic rings. The van der Waals surface area contributed by atoms with Crippen LogP contribution in [0.15, 0.2) is 29.3 Å². The molecule has 0 saturated carbocycles. The molecule has 9 nitrogen and oxygen atoms in total. The second kappa shape index (κ2) is 11.1. The molecule has 0 radical (unpaired) electrons. The summed E-state index contributed by atoms with van der Waals surface area (Å²) in [5.41, 5.74) is 6.29. The Balaban J connectivity index is 0.00000450. The maximum atomic E-state index is 12.6.